The van der Waals surface area contributed by atoms with E-state index in [1.165, 1.54) is 4.88 Å². The molecule has 3 heteroatoms. The summed E-state index contributed by atoms with van der Waals surface area (Å²) >= 11 is 5.13. The van der Waals surface area contributed by atoms with Gasteiger partial charge in [-0.3, -0.25) is 0 Å². The van der Waals surface area contributed by atoms with Crippen molar-refractivity contribution < 1.29 is 5.11 Å². The number of halogens is 1. The molecular formula is C10H13BrOS. The summed E-state index contributed by atoms with van der Waals surface area (Å²) < 4.78 is 1.10. The summed E-state index contributed by atoms with van der Waals surface area (Å²) in [5.41, 5.74) is 1.07. The predicted molar refractivity (Wildman–Crippen MR) is 61.9 cm³/mol. The lowest BCUT2D eigenvalue weighted by Crippen LogP contribution is -1.98. The van der Waals surface area contributed by atoms with Crippen LogP contribution < -0.4 is 0 Å². The highest BCUT2D eigenvalue weighted by Gasteiger charge is 2.04. The molecule has 0 atom stereocenters. The van der Waals surface area contributed by atoms with Crippen molar-refractivity contribution in [2.75, 3.05) is 6.61 Å². The van der Waals surface area contributed by atoms with Gasteiger partial charge in [-0.05, 0) is 44.9 Å². The van der Waals surface area contributed by atoms with Crippen LogP contribution in [-0.2, 0) is 0 Å². The molecule has 0 unspecified atom stereocenters. The number of aliphatic hydroxyl groups is 1. The van der Waals surface area contributed by atoms with Crippen molar-refractivity contribution >= 4 is 33.3 Å². The molecule has 0 spiro atoms. The van der Waals surface area contributed by atoms with E-state index in [1.54, 1.807) is 11.3 Å². The Hall–Kier alpha value is -0.120. The van der Waals surface area contributed by atoms with E-state index in [9.17, 15) is 0 Å². The Morgan fingerprint density at radius 2 is 2.38 bits per heavy atom. The molecule has 72 valence electrons. The normalized spacial score (nSPS) is 12.5. The van der Waals surface area contributed by atoms with E-state index in [0.29, 0.717) is 5.92 Å². The number of thiophene rings is 1. The van der Waals surface area contributed by atoms with Crippen molar-refractivity contribution in [2.24, 2.45) is 5.92 Å². The minimum atomic E-state index is 0.141. The topological polar surface area (TPSA) is 20.2 Å². The Morgan fingerprint density at radius 1 is 1.69 bits per heavy atom. The van der Waals surface area contributed by atoms with Crippen LogP contribution in [0.1, 0.15) is 18.7 Å². The summed E-state index contributed by atoms with van der Waals surface area (Å²) in [6.45, 7) is 4.31. The molecule has 0 fully saturated rings. The second kappa shape index (κ2) is 4.94. The maximum atomic E-state index is 9.11. The summed E-state index contributed by atoms with van der Waals surface area (Å²) in [6.07, 6.45) is 2.05. The summed E-state index contributed by atoms with van der Waals surface area (Å²) in [7, 11) is 0. The van der Waals surface area contributed by atoms with E-state index in [0.717, 1.165) is 10.0 Å². The molecule has 0 saturated carbocycles. The van der Waals surface area contributed by atoms with E-state index >= 15 is 0 Å². The van der Waals surface area contributed by atoms with Gasteiger partial charge in [-0.2, -0.15) is 0 Å². The Balaban J connectivity index is 2.91. The predicted octanol–water partition coefficient (Wildman–Crippen LogP) is 3.54. The van der Waals surface area contributed by atoms with Crippen molar-refractivity contribution in [3.8, 4) is 0 Å². The zero-order valence-electron chi connectivity index (χ0n) is 7.75. The molecule has 1 N–H and O–H groups in total. The molecule has 0 saturated heterocycles. The second-order valence-electron chi connectivity index (χ2n) is 3.16. The van der Waals surface area contributed by atoms with Gasteiger partial charge < -0.3 is 5.11 Å². The van der Waals surface area contributed by atoms with Gasteiger partial charge in [0.25, 0.3) is 0 Å². The summed E-state index contributed by atoms with van der Waals surface area (Å²) in [5.74, 6) is 0.402. The number of aliphatic hydroxyl groups excluding tert-OH is 1. The molecule has 0 amide bonds. The van der Waals surface area contributed by atoms with Gasteiger partial charge in [0.2, 0.25) is 0 Å². The third kappa shape index (κ3) is 2.93. The van der Waals surface area contributed by atoms with Gasteiger partial charge in [0, 0.05) is 9.35 Å². The third-order valence-corrected chi connectivity index (χ3v) is 3.70. The maximum absolute atomic E-state index is 9.11. The molecule has 0 aliphatic heterocycles. The van der Waals surface area contributed by atoms with Gasteiger partial charge in [-0.25, -0.2) is 0 Å². The van der Waals surface area contributed by atoms with Crippen LogP contribution in [0.5, 0.6) is 0 Å². The first-order valence-corrected chi connectivity index (χ1v) is 5.86. The zero-order valence-corrected chi connectivity index (χ0v) is 10.2. The van der Waals surface area contributed by atoms with Crippen LogP contribution in [0.2, 0.25) is 0 Å². The summed E-state index contributed by atoms with van der Waals surface area (Å²) in [5, 5.41) is 11.1. The molecule has 1 heterocycles. The number of rotatable bonds is 3. The van der Waals surface area contributed by atoms with Crippen molar-refractivity contribution in [3.63, 3.8) is 0 Å². The van der Waals surface area contributed by atoms with Gasteiger partial charge in [0.05, 0.1) is 6.61 Å². The first-order chi connectivity index (χ1) is 6.15. The maximum Gasteiger partial charge on any atom is 0.0647 e. The van der Waals surface area contributed by atoms with Gasteiger partial charge in [0.1, 0.15) is 0 Å². The SMILES string of the molecule is CC(C)/C(=C/c1sccc1Br)CO. The van der Waals surface area contributed by atoms with Crippen LogP contribution in [-0.4, -0.2) is 11.7 Å². The van der Waals surface area contributed by atoms with Crippen molar-refractivity contribution in [3.05, 3.63) is 26.4 Å². The van der Waals surface area contributed by atoms with Crippen LogP contribution in [0.25, 0.3) is 6.08 Å². The first kappa shape index (κ1) is 11.0. The molecule has 0 aliphatic rings. The fraction of sp³-hybridized carbons (Fsp3) is 0.400. The van der Waals surface area contributed by atoms with Gasteiger partial charge >= 0.3 is 0 Å². The van der Waals surface area contributed by atoms with Crippen LogP contribution >= 0.6 is 27.3 Å². The quantitative estimate of drug-likeness (QED) is 0.882. The second-order valence-corrected chi connectivity index (χ2v) is 4.97. The minimum Gasteiger partial charge on any atom is -0.392 e. The molecule has 1 aromatic heterocycles. The molecule has 0 radical (unpaired) electrons. The van der Waals surface area contributed by atoms with Crippen LogP contribution in [0, 0.1) is 5.92 Å². The number of hydrogen-bond acceptors (Lipinski definition) is 2. The van der Waals surface area contributed by atoms with E-state index in [1.807, 2.05) is 11.4 Å². The minimum absolute atomic E-state index is 0.141. The molecular weight excluding hydrogens is 248 g/mol. The van der Waals surface area contributed by atoms with Gasteiger partial charge in [0.15, 0.2) is 0 Å². The Kier molecular flexibility index (Phi) is 4.16. The lowest BCUT2D eigenvalue weighted by Gasteiger charge is -2.06. The van der Waals surface area contributed by atoms with E-state index in [2.05, 4.69) is 35.9 Å². The fourth-order valence-electron chi connectivity index (χ4n) is 0.972. The standard InChI is InChI=1S/C10H13BrOS/c1-7(2)8(6-12)5-10-9(11)3-4-13-10/h3-5,7,12H,6H2,1-2H3/b8-5+. The number of hydrogen-bond donors (Lipinski definition) is 1. The molecule has 1 aromatic rings. The lowest BCUT2D eigenvalue weighted by molar-refractivity contribution is 0.320. The fourth-order valence-corrected chi connectivity index (χ4v) is 2.42. The third-order valence-electron chi connectivity index (χ3n) is 1.89. The monoisotopic (exact) mass is 260 g/mol. The lowest BCUT2D eigenvalue weighted by atomic mass is 10.0. The summed E-state index contributed by atoms with van der Waals surface area (Å²) in [4.78, 5) is 1.18. The average Bonchev–Trinajstić information content (AvgIpc) is 2.46. The van der Waals surface area contributed by atoms with Crippen molar-refractivity contribution in [1.29, 1.82) is 0 Å². The summed E-state index contributed by atoms with van der Waals surface area (Å²) in [6, 6.07) is 2.02. The molecule has 0 aliphatic carbocycles. The zero-order chi connectivity index (χ0) is 9.84. The average molecular weight is 261 g/mol. The molecule has 0 aromatic carbocycles. The Morgan fingerprint density at radius 3 is 2.77 bits per heavy atom. The van der Waals surface area contributed by atoms with Crippen molar-refractivity contribution in [2.45, 2.75) is 13.8 Å². The Labute approximate surface area is 91.2 Å². The van der Waals surface area contributed by atoms with E-state index in [4.69, 9.17) is 5.11 Å². The largest absolute Gasteiger partial charge is 0.392 e. The Bertz CT molecular complexity index is 302. The smallest absolute Gasteiger partial charge is 0.0647 e. The van der Waals surface area contributed by atoms with Crippen molar-refractivity contribution in [1.82, 2.24) is 0 Å². The van der Waals surface area contributed by atoms with E-state index < -0.39 is 0 Å². The molecule has 0 bridgehead atoms. The van der Waals surface area contributed by atoms with Crippen LogP contribution in [0.3, 0.4) is 0 Å². The molecule has 1 nitrogen and oxygen atoms in total. The first-order valence-electron chi connectivity index (χ1n) is 4.19. The van der Waals surface area contributed by atoms with Gasteiger partial charge in [-0.1, -0.05) is 13.8 Å². The molecule has 1 rings (SSSR count). The highest BCUT2D eigenvalue weighted by molar-refractivity contribution is 9.10. The van der Waals surface area contributed by atoms with Crippen LogP contribution in [0.4, 0.5) is 0 Å². The highest BCUT2D eigenvalue weighted by Crippen LogP contribution is 2.26. The van der Waals surface area contributed by atoms with Gasteiger partial charge in [-0.15, -0.1) is 11.3 Å². The van der Waals surface area contributed by atoms with Crippen LogP contribution in [0.15, 0.2) is 21.5 Å². The van der Waals surface area contributed by atoms with E-state index in [-0.39, 0.29) is 6.61 Å². The highest BCUT2D eigenvalue weighted by atomic mass is 79.9. The molecule has 13 heavy (non-hydrogen) atoms.